The van der Waals surface area contributed by atoms with E-state index in [1.807, 2.05) is 39.0 Å². The number of carboxylic acid groups (broad SMARTS) is 1. The molecule has 0 saturated heterocycles. The number of fused-ring (bicyclic) bond motifs is 1. The highest BCUT2D eigenvalue weighted by atomic mass is 16.6. The summed E-state index contributed by atoms with van der Waals surface area (Å²) < 4.78 is 12.2. The SMILES string of the molecule is CCC(Oc1cc(C)ccc1C)C(=O)OC1CCC=C2C=CC(C)C(CCC(O)CC(O)CC(=O)O)C21. The molecule has 1 aromatic rings. The Morgan fingerprint density at radius 3 is 2.62 bits per heavy atom. The molecule has 204 valence electrons. The average molecular weight is 515 g/mol. The lowest BCUT2D eigenvalue weighted by molar-refractivity contribution is -0.162. The number of allylic oxidation sites excluding steroid dienone is 3. The van der Waals surface area contributed by atoms with Gasteiger partial charge in [0.2, 0.25) is 0 Å². The number of carbonyl (C=O) groups excluding carboxylic acids is 1. The van der Waals surface area contributed by atoms with Gasteiger partial charge in [0.05, 0.1) is 18.6 Å². The van der Waals surface area contributed by atoms with Crippen LogP contribution in [0.15, 0.2) is 42.0 Å². The van der Waals surface area contributed by atoms with E-state index in [1.54, 1.807) is 0 Å². The van der Waals surface area contributed by atoms with Crippen LogP contribution in [-0.4, -0.2) is 51.7 Å². The van der Waals surface area contributed by atoms with Crippen LogP contribution in [0.2, 0.25) is 0 Å². The second-order valence-corrected chi connectivity index (χ2v) is 10.7. The minimum Gasteiger partial charge on any atom is -0.481 e. The molecule has 7 unspecified atom stereocenters. The van der Waals surface area contributed by atoms with Gasteiger partial charge in [-0.1, -0.05) is 44.2 Å². The largest absolute Gasteiger partial charge is 0.481 e. The summed E-state index contributed by atoms with van der Waals surface area (Å²) in [6, 6.07) is 5.94. The van der Waals surface area contributed by atoms with E-state index in [9.17, 15) is 19.8 Å². The normalized spacial score (nSPS) is 25.4. The topological polar surface area (TPSA) is 113 Å². The van der Waals surface area contributed by atoms with Crippen molar-refractivity contribution in [3.05, 3.63) is 53.1 Å². The van der Waals surface area contributed by atoms with Gasteiger partial charge in [-0.15, -0.1) is 0 Å². The summed E-state index contributed by atoms with van der Waals surface area (Å²) in [7, 11) is 0. The van der Waals surface area contributed by atoms with E-state index in [2.05, 4.69) is 25.2 Å². The van der Waals surface area contributed by atoms with Gasteiger partial charge in [0.25, 0.3) is 0 Å². The molecule has 7 heteroatoms. The van der Waals surface area contributed by atoms with Crippen LogP contribution in [0.25, 0.3) is 0 Å². The maximum Gasteiger partial charge on any atom is 0.347 e. The molecular formula is C30H42O7. The van der Waals surface area contributed by atoms with Crippen LogP contribution in [0, 0.1) is 31.6 Å². The first-order valence-electron chi connectivity index (χ1n) is 13.5. The lowest BCUT2D eigenvalue weighted by Crippen LogP contribution is -2.42. The van der Waals surface area contributed by atoms with Gasteiger partial charge < -0.3 is 24.8 Å². The number of aliphatic hydroxyl groups excluding tert-OH is 2. The Hall–Kier alpha value is -2.64. The first-order chi connectivity index (χ1) is 17.6. The molecule has 0 aliphatic heterocycles. The van der Waals surface area contributed by atoms with Crippen molar-refractivity contribution in [1.82, 2.24) is 0 Å². The zero-order chi connectivity index (χ0) is 27.1. The lowest BCUT2D eigenvalue weighted by atomic mass is 9.66. The molecular weight excluding hydrogens is 472 g/mol. The van der Waals surface area contributed by atoms with Gasteiger partial charge in [-0.05, 0) is 87.0 Å². The number of hydrogen-bond donors (Lipinski definition) is 3. The van der Waals surface area contributed by atoms with E-state index in [-0.39, 0.29) is 42.7 Å². The molecule has 3 rings (SSSR count). The van der Waals surface area contributed by atoms with E-state index in [1.165, 1.54) is 0 Å². The number of aliphatic carboxylic acids is 1. The molecule has 0 spiro atoms. The smallest absolute Gasteiger partial charge is 0.347 e. The number of aliphatic hydroxyl groups is 2. The van der Waals surface area contributed by atoms with Crippen molar-refractivity contribution >= 4 is 11.9 Å². The molecule has 7 nitrogen and oxygen atoms in total. The van der Waals surface area contributed by atoms with Crippen LogP contribution in [0.1, 0.15) is 69.9 Å². The number of hydrogen-bond acceptors (Lipinski definition) is 6. The third kappa shape index (κ3) is 7.92. The fourth-order valence-electron chi connectivity index (χ4n) is 5.57. The van der Waals surface area contributed by atoms with Gasteiger partial charge in [-0.3, -0.25) is 4.79 Å². The Morgan fingerprint density at radius 2 is 1.92 bits per heavy atom. The van der Waals surface area contributed by atoms with E-state index < -0.39 is 24.3 Å². The Morgan fingerprint density at radius 1 is 1.16 bits per heavy atom. The van der Waals surface area contributed by atoms with Gasteiger partial charge in [-0.2, -0.15) is 0 Å². The Labute approximate surface area is 220 Å². The van der Waals surface area contributed by atoms with Crippen LogP contribution in [0.3, 0.4) is 0 Å². The first-order valence-corrected chi connectivity index (χ1v) is 13.5. The fourth-order valence-corrected chi connectivity index (χ4v) is 5.57. The molecule has 0 heterocycles. The number of esters is 1. The molecule has 0 bridgehead atoms. The second kappa shape index (κ2) is 13.2. The Kier molecular flexibility index (Phi) is 10.4. The molecule has 1 aromatic carbocycles. The third-order valence-electron chi connectivity index (χ3n) is 7.65. The van der Waals surface area contributed by atoms with Crippen LogP contribution in [0.5, 0.6) is 5.75 Å². The van der Waals surface area contributed by atoms with E-state index in [0.29, 0.717) is 25.0 Å². The molecule has 0 radical (unpaired) electrons. The van der Waals surface area contributed by atoms with Crippen LogP contribution >= 0.6 is 0 Å². The van der Waals surface area contributed by atoms with E-state index in [0.717, 1.165) is 29.5 Å². The molecule has 7 atom stereocenters. The summed E-state index contributed by atoms with van der Waals surface area (Å²) in [5.74, 6) is -0.343. The maximum absolute atomic E-state index is 13.3. The number of benzene rings is 1. The lowest BCUT2D eigenvalue weighted by Gasteiger charge is -2.42. The fraction of sp³-hybridized carbons (Fsp3) is 0.600. The predicted molar refractivity (Wildman–Crippen MR) is 141 cm³/mol. The number of carbonyl (C=O) groups is 2. The van der Waals surface area contributed by atoms with Crippen molar-refractivity contribution in [3.8, 4) is 5.75 Å². The summed E-state index contributed by atoms with van der Waals surface area (Å²) in [5.41, 5.74) is 3.20. The minimum absolute atomic E-state index is 0.0204. The van der Waals surface area contributed by atoms with Gasteiger partial charge in [-0.25, -0.2) is 4.79 Å². The molecule has 2 aliphatic carbocycles. The van der Waals surface area contributed by atoms with Gasteiger partial charge in [0.1, 0.15) is 11.9 Å². The quantitative estimate of drug-likeness (QED) is 0.340. The van der Waals surface area contributed by atoms with Crippen molar-refractivity contribution in [2.24, 2.45) is 17.8 Å². The number of carboxylic acids is 1. The highest BCUT2D eigenvalue weighted by Crippen LogP contribution is 2.44. The van der Waals surface area contributed by atoms with Crippen molar-refractivity contribution in [1.29, 1.82) is 0 Å². The summed E-state index contributed by atoms with van der Waals surface area (Å²) in [6.45, 7) is 8.00. The third-order valence-corrected chi connectivity index (χ3v) is 7.65. The Balaban J connectivity index is 1.68. The summed E-state index contributed by atoms with van der Waals surface area (Å²) in [5, 5.41) is 29.2. The Bertz CT molecular complexity index is 998. The molecule has 0 saturated carbocycles. The highest BCUT2D eigenvalue weighted by Gasteiger charge is 2.41. The zero-order valence-corrected chi connectivity index (χ0v) is 22.4. The van der Waals surface area contributed by atoms with Gasteiger partial charge in [0.15, 0.2) is 6.10 Å². The average Bonchev–Trinajstić information content (AvgIpc) is 2.83. The van der Waals surface area contributed by atoms with Crippen molar-refractivity contribution in [2.75, 3.05) is 0 Å². The summed E-state index contributed by atoms with van der Waals surface area (Å²) in [4.78, 5) is 24.1. The van der Waals surface area contributed by atoms with Crippen molar-refractivity contribution in [2.45, 2.75) is 97.1 Å². The number of rotatable bonds is 12. The number of ether oxygens (including phenoxy) is 2. The molecule has 3 N–H and O–H groups in total. The monoisotopic (exact) mass is 514 g/mol. The molecule has 37 heavy (non-hydrogen) atoms. The van der Waals surface area contributed by atoms with Crippen LogP contribution in [0.4, 0.5) is 0 Å². The highest BCUT2D eigenvalue weighted by molar-refractivity contribution is 5.75. The minimum atomic E-state index is -1.08. The van der Waals surface area contributed by atoms with Crippen molar-refractivity contribution < 1.29 is 34.4 Å². The van der Waals surface area contributed by atoms with Gasteiger partial charge in [0, 0.05) is 5.92 Å². The van der Waals surface area contributed by atoms with Gasteiger partial charge >= 0.3 is 11.9 Å². The predicted octanol–water partition coefficient (Wildman–Crippen LogP) is 4.90. The van der Waals surface area contributed by atoms with E-state index >= 15 is 0 Å². The summed E-state index contributed by atoms with van der Waals surface area (Å²) >= 11 is 0. The van der Waals surface area contributed by atoms with Crippen LogP contribution in [-0.2, 0) is 14.3 Å². The second-order valence-electron chi connectivity index (χ2n) is 10.7. The molecule has 2 aliphatic rings. The standard InChI is InChI=1S/C30H42O7/c1-5-25(36-27-15-18(2)9-10-20(27)4)30(35)37-26-8-6-7-21-12-11-19(3)24(29(21)26)14-13-22(31)16-23(32)17-28(33)34/h7,9-12,15,19,22-26,29,31-32H,5-6,8,13-14,16-17H2,1-4H3,(H,33,34). The maximum atomic E-state index is 13.3. The molecule has 0 fully saturated rings. The van der Waals surface area contributed by atoms with Crippen LogP contribution < -0.4 is 4.74 Å². The van der Waals surface area contributed by atoms with E-state index in [4.69, 9.17) is 14.6 Å². The first kappa shape index (κ1) is 28.9. The number of aryl methyl sites for hydroxylation is 2. The molecule has 0 aromatic heterocycles. The van der Waals surface area contributed by atoms with Crippen molar-refractivity contribution in [3.63, 3.8) is 0 Å². The summed E-state index contributed by atoms with van der Waals surface area (Å²) in [6.07, 6.45) is 6.50. The molecule has 0 amide bonds. The zero-order valence-electron chi connectivity index (χ0n) is 22.4.